The van der Waals surface area contributed by atoms with Crippen molar-refractivity contribution in [2.24, 2.45) is 0 Å². The van der Waals surface area contributed by atoms with Crippen LogP contribution >= 0.6 is 27.5 Å². The van der Waals surface area contributed by atoms with Gasteiger partial charge >= 0.3 is 5.97 Å². The molecule has 0 spiro atoms. The van der Waals surface area contributed by atoms with E-state index in [9.17, 15) is 14.3 Å². The van der Waals surface area contributed by atoms with Crippen molar-refractivity contribution >= 4 is 33.5 Å². The molecule has 1 N–H and O–H groups in total. The van der Waals surface area contributed by atoms with Gasteiger partial charge in [-0.3, -0.25) is 4.98 Å². The van der Waals surface area contributed by atoms with Crippen LogP contribution in [0.4, 0.5) is 4.39 Å². The third kappa shape index (κ3) is 3.33. The summed E-state index contributed by atoms with van der Waals surface area (Å²) in [6, 6.07) is 3.91. The second-order valence-electron chi connectivity index (χ2n) is 4.33. The van der Waals surface area contributed by atoms with Crippen LogP contribution in [0.25, 0.3) is 0 Å². The van der Waals surface area contributed by atoms with Crippen molar-refractivity contribution in [3.63, 3.8) is 0 Å². The predicted molar refractivity (Wildman–Crippen MR) is 79.9 cm³/mol. The summed E-state index contributed by atoms with van der Waals surface area (Å²) < 4.78 is 19.5. The number of nitrogens with zero attached hydrogens (tertiary/aromatic N) is 1. The Hall–Kier alpha value is -1.66. The number of pyridine rings is 1. The Balaban J connectivity index is 2.54. The molecule has 0 fully saturated rings. The summed E-state index contributed by atoms with van der Waals surface area (Å²) in [6.07, 6.45) is 0. The van der Waals surface area contributed by atoms with Gasteiger partial charge in [-0.25, -0.2) is 9.18 Å². The molecule has 0 atom stereocenters. The number of aryl methyl sites for hydroxylation is 2. The second kappa shape index (κ2) is 5.99. The molecule has 2 rings (SSSR count). The summed E-state index contributed by atoms with van der Waals surface area (Å²) in [5, 5.41) is 9.20. The molecule has 0 radical (unpaired) electrons. The molecule has 1 aromatic heterocycles. The lowest BCUT2D eigenvalue weighted by Crippen LogP contribution is -2.06. The summed E-state index contributed by atoms with van der Waals surface area (Å²) in [4.78, 5) is 15.4. The average Bonchev–Trinajstić information content (AvgIpc) is 2.34. The first-order chi connectivity index (χ1) is 9.79. The van der Waals surface area contributed by atoms with E-state index in [1.807, 2.05) is 0 Å². The quantitative estimate of drug-likeness (QED) is 0.788. The number of aromatic nitrogens is 1. The normalized spacial score (nSPS) is 10.5. The maximum atomic E-state index is 13.5. The molecule has 7 heteroatoms. The van der Waals surface area contributed by atoms with E-state index in [1.165, 1.54) is 12.1 Å². The van der Waals surface area contributed by atoms with Gasteiger partial charge in [-0.05, 0) is 35.8 Å². The van der Waals surface area contributed by atoms with Gasteiger partial charge in [0.2, 0.25) is 0 Å². The van der Waals surface area contributed by atoms with E-state index in [1.54, 1.807) is 13.8 Å². The number of carbonyl (C=O) groups is 1. The molecule has 0 saturated carbocycles. The highest BCUT2D eigenvalue weighted by Gasteiger charge is 2.19. The number of ether oxygens (including phenoxy) is 1. The minimum atomic E-state index is -1.17. The third-order valence-electron chi connectivity index (χ3n) is 2.70. The molecule has 2 aromatic rings. The fourth-order valence-corrected chi connectivity index (χ4v) is 2.55. The number of carboxylic acid groups (broad SMARTS) is 1. The van der Waals surface area contributed by atoms with Crippen LogP contribution in [0.5, 0.6) is 11.5 Å². The van der Waals surface area contributed by atoms with Crippen LogP contribution in [0.3, 0.4) is 0 Å². The van der Waals surface area contributed by atoms with Crippen molar-refractivity contribution in [2.45, 2.75) is 13.8 Å². The molecule has 0 unspecified atom stereocenters. The zero-order valence-corrected chi connectivity index (χ0v) is 13.4. The number of halogens is 3. The van der Waals surface area contributed by atoms with E-state index in [2.05, 4.69) is 20.9 Å². The molecule has 4 nitrogen and oxygen atoms in total. The number of rotatable bonds is 3. The first-order valence-corrected chi connectivity index (χ1v) is 7.00. The Kier molecular flexibility index (Phi) is 4.49. The summed E-state index contributed by atoms with van der Waals surface area (Å²) in [6.45, 7) is 3.28. The van der Waals surface area contributed by atoms with E-state index in [0.717, 1.165) is 6.07 Å². The zero-order chi connectivity index (χ0) is 15.7. The molecule has 0 amide bonds. The fraction of sp³-hybridized carbons (Fsp3) is 0.143. The minimum Gasteiger partial charge on any atom is -0.477 e. The standard InChI is InChI=1S/C14H10BrClFNO3/c1-6-3-12(13(14(19)20)7(2)18-6)21-11-5-10(17)9(16)4-8(11)15/h3-5H,1-2H3,(H,19,20). The molecular formula is C14H10BrClFNO3. The zero-order valence-electron chi connectivity index (χ0n) is 11.1. The molecule has 0 aliphatic rings. The third-order valence-corrected chi connectivity index (χ3v) is 3.61. The number of hydrogen-bond donors (Lipinski definition) is 1. The van der Waals surface area contributed by atoms with Gasteiger partial charge in [-0.2, -0.15) is 0 Å². The molecule has 0 aliphatic heterocycles. The van der Waals surface area contributed by atoms with Gasteiger partial charge in [0.1, 0.15) is 22.9 Å². The highest BCUT2D eigenvalue weighted by molar-refractivity contribution is 9.10. The van der Waals surface area contributed by atoms with Gasteiger partial charge in [0.25, 0.3) is 0 Å². The van der Waals surface area contributed by atoms with Crippen LogP contribution in [0.1, 0.15) is 21.7 Å². The highest BCUT2D eigenvalue weighted by atomic mass is 79.9. The van der Waals surface area contributed by atoms with Gasteiger partial charge in [0.15, 0.2) is 0 Å². The lowest BCUT2D eigenvalue weighted by molar-refractivity contribution is 0.0692. The monoisotopic (exact) mass is 373 g/mol. The summed E-state index contributed by atoms with van der Waals surface area (Å²) in [7, 11) is 0. The first kappa shape index (κ1) is 15.7. The molecule has 0 aliphatic carbocycles. The van der Waals surface area contributed by atoms with Crippen molar-refractivity contribution in [3.05, 3.63) is 50.5 Å². The Morgan fingerprint density at radius 2 is 2.00 bits per heavy atom. The van der Waals surface area contributed by atoms with E-state index < -0.39 is 11.8 Å². The predicted octanol–water partition coefficient (Wildman–Crippen LogP) is 4.74. The van der Waals surface area contributed by atoms with Crippen molar-refractivity contribution in [1.29, 1.82) is 0 Å². The Bertz CT molecular complexity index is 737. The summed E-state index contributed by atoms with van der Waals surface area (Å²) >= 11 is 8.85. The van der Waals surface area contributed by atoms with Crippen molar-refractivity contribution < 1.29 is 19.0 Å². The van der Waals surface area contributed by atoms with Gasteiger partial charge in [0.05, 0.1) is 15.2 Å². The van der Waals surface area contributed by atoms with Gasteiger partial charge < -0.3 is 9.84 Å². The molecule has 1 heterocycles. The summed E-state index contributed by atoms with van der Waals surface area (Å²) in [5.41, 5.74) is 0.851. The Morgan fingerprint density at radius 1 is 1.33 bits per heavy atom. The van der Waals surface area contributed by atoms with E-state index >= 15 is 0 Å². The minimum absolute atomic E-state index is 0.0604. The molecular weight excluding hydrogens is 365 g/mol. The number of aromatic carboxylic acids is 1. The number of carboxylic acids is 1. The Labute approximate surface area is 133 Å². The molecule has 0 bridgehead atoms. The van der Waals surface area contributed by atoms with Gasteiger partial charge in [-0.1, -0.05) is 11.6 Å². The fourth-order valence-electron chi connectivity index (χ4n) is 1.83. The van der Waals surface area contributed by atoms with Crippen molar-refractivity contribution in [2.75, 3.05) is 0 Å². The smallest absolute Gasteiger partial charge is 0.341 e. The van der Waals surface area contributed by atoms with Crippen LogP contribution in [0.2, 0.25) is 5.02 Å². The molecule has 1 aromatic carbocycles. The van der Waals surface area contributed by atoms with E-state index in [-0.39, 0.29) is 22.1 Å². The van der Waals surface area contributed by atoms with Gasteiger partial charge in [0, 0.05) is 17.8 Å². The average molecular weight is 375 g/mol. The lowest BCUT2D eigenvalue weighted by Gasteiger charge is -2.13. The van der Waals surface area contributed by atoms with Crippen molar-refractivity contribution in [3.8, 4) is 11.5 Å². The summed E-state index contributed by atoms with van der Waals surface area (Å²) in [5.74, 6) is -1.60. The number of hydrogen-bond acceptors (Lipinski definition) is 3. The maximum Gasteiger partial charge on any atom is 0.341 e. The van der Waals surface area contributed by atoms with Gasteiger partial charge in [-0.15, -0.1) is 0 Å². The van der Waals surface area contributed by atoms with Crippen molar-refractivity contribution in [1.82, 2.24) is 4.98 Å². The topological polar surface area (TPSA) is 59.4 Å². The van der Waals surface area contributed by atoms with Crippen LogP contribution in [0.15, 0.2) is 22.7 Å². The largest absolute Gasteiger partial charge is 0.477 e. The molecule has 0 saturated heterocycles. The van der Waals surface area contributed by atoms with Crippen LogP contribution < -0.4 is 4.74 Å². The van der Waals surface area contributed by atoms with E-state index in [0.29, 0.717) is 15.9 Å². The number of benzene rings is 1. The maximum absolute atomic E-state index is 13.5. The SMILES string of the molecule is Cc1cc(Oc2cc(F)c(Cl)cc2Br)c(C(=O)O)c(C)n1. The second-order valence-corrected chi connectivity index (χ2v) is 5.59. The van der Waals surface area contributed by atoms with Crippen LogP contribution in [0, 0.1) is 19.7 Å². The van der Waals surface area contributed by atoms with Crippen LogP contribution in [-0.4, -0.2) is 16.1 Å². The first-order valence-electron chi connectivity index (χ1n) is 5.83. The highest BCUT2D eigenvalue weighted by Crippen LogP contribution is 2.35. The Morgan fingerprint density at radius 3 is 2.62 bits per heavy atom. The van der Waals surface area contributed by atoms with Crippen LogP contribution in [-0.2, 0) is 0 Å². The molecule has 21 heavy (non-hydrogen) atoms. The molecule has 110 valence electrons. The lowest BCUT2D eigenvalue weighted by atomic mass is 10.1. The van der Waals surface area contributed by atoms with E-state index in [4.69, 9.17) is 16.3 Å².